The van der Waals surface area contributed by atoms with Crippen molar-refractivity contribution in [3.8, 4) is 0 Å². The molecule has 0 bridgehead atoms. The predicted molar refractivity (Wildman–Crippen MR) is 67.6 cm³/mol. The van der Waals surface area contributed by atoms with Crippen LogP contribution in [-0.4, -0.2) is 24.5 Å². The smallest absolute Gasteiger partial charge is 0.157 e. The van der Waals surface area contributed by atoms with E-state index in [9.17, 15) is 0 Å². The van der Waals surface area contributed by atoms with Gasteiger partial charge in [0.25, 0.3) is 0 Å². The molecule has 0 saturated carbocycles. The summed E-state index contributed by atoms with van der Waals surface area (Å²) in [6.07, 6.45) is 7.90. The maximum absolute atomic E-state index is 5.67. The van der Waals surface area contributed by atoms with E-state index in [0.717, 1.165) is 31.6 Å². The van der Waals surface area contributed by atoms with Crippen LogP contribution in [0.1, 0.15) is 30.5 Å². The van der Waals surface area contributed by atoms with Crippen LogP contribution >= 0.6 is 0 Å². The summed E-state index contributed by atoms with van der Waals surface area (Å²) < 4.78 is 11.2. The minimum Gasteiger partial charge on any atom is -0.353 e. The van der Waals surface area contributed by atoms with Gasteiger partial charge in [0.1, 0.15) is 0 Å². The molecule has 1 fully saturated rings. The first-order valence-electron chi connectivity index (χ1n) is 6.19. The molecular weight excluding hydrogens is 214 g/mol. The highest BCUT2D eigenvalue weighted by atomic mass is 16.7. The van der Waals surface area contributed by atoms with E-state index in [0.29, 0.717) is 6.61 Å². The first kappa shape index (κ1) is 12.3. The number of ether oxygens (including phenoxy) is 2. The molecule has 0 N–H and O–H groups in total. The second-order valence-corrected chi connectivity index (χ2v) is 4.21. The van der Waals surface area contributed by atoms with Crippen LogP contribution in [0.15, 0.2) is 24.9 Å². The highest BCUT2D eigenvalue weighted by Crippen LogP contribution is 2.14. The van der Waals surface area contributed by atoms with Gasteiger partial charge >= 0.3 is 0 Å². The molecule has 1 aromatic heterocycles. The number of aromatic nitrogens is 1. The zero-order valence-corrected chi connectivity index (χ0v) is 10.1. The Morgan fingerprint density at radius 2 is 2.41 bits per heavy atom. The second-order valence-electron chi connectivity index (χ2n) is 4.21. The quantitative estimate of drug-likeness (QED) is 0.783. The summed E-state index contributed by atoms with van der Waals surface area (Å²) in [5.74, 6) is 0. The van der Waals surface area contributed by atoms with Gasteiger partial charge in [-0.3, -0.25) is 4.98 Å². The Labute approximate surface area is 102 Å². The van der Waals surface area contributed by atoms with E-state index in [1.807, 2.05) is 12.3 Å². The van der Waals surface area contributed by atoms with Gasteiger partial charge in [0.05, 0.1) is 12.3 Å². The Balaban J connectivity index is 1.71. The Morgan fingerprint density at radius 3 is 3.06 bits per heavy atom. The molecule has 92 valence electrons. The van der Waals surface area contributed by atoms with Crippen molar-refractivity contribution in [1.29, 1.82) is 0 Å². The standard InChI is InChI=1S/C14H19NO2/c1-2-13-7-6-12(11-15-13)8-10-17-14-5-3-4-9-16-14/h2,6-7,11,14H,1,3-5,8-10H2. The van der Waals surface area contributed by atoms with Gasteiger partial charge in [-0.1, -0.05) is 12.6 Å². The van der Waals surface area contributed by atoms with E-state index in [1.165, 1.54) is 12.0 Å². The lowest BCUT2D eigenvalue weighted by atomic mass is 10.2. The lowest BCUT2D eigenvalue weighted by Crippen LogP contribution is -2.23. The molecule has 0 amide bonds. The van der Waals surface area contributed by atoms with Crippen LogP contribution < -0.4 is 0 Å². The van der Waals surface area contributed by atoms with Crippen molar-refractivity contribution >= 4 is 6.08 Å². The lowest BCUT2D eigenvalue weighted by Gasteiger charge is -2.22. The third-order valence-electron chi connectivity index (χ3n) is 2.89. The lowest BCUT2D eigenvalue weighted by molar-refractivity contribution is -0.161. The molecule has 3 nitrogen and oxygen atoms in total. The highest BCUT2D eigenvalue weighted by molar-refractivity contribution is 5.41. The van der Waals surface area contributed by atoms with E-state index in [-0.39, 0.29) is 6.29 Å². The average Bonchev–Trinajstić information content (AvgIpc) is 2.41. The maximum atomic E-state index is 5.67. The molecule has 0 aromatic carbocycles. The third kappa shape index (κ3) is 3.95. The van der Waals surface area contributed by atoms with Gasteiger partial charge in [0.2, 0.25) is 0 Å². The van der Waals surface area contributed by atoms with Crippen molar-refractivity contribution in [2.24, 2.45) is 0 Å². The van der Waals surface area contributed by atoms with Crippen molar-refractivity contribution < 1.29 is 9.47 Å². The molecule has 1 aliphatic rings. The molecule has 0 aliphatic carbocycles. The predicted octanol–water partition coefficient (Wildman–Crippen LogP) is 2.81. The molecule has 17 heavy (non-hydrogen) atoms. The molecule has 1 aromatic rings. The van der Waals surface area contributed by atoms with Crippen molar-refractivity contribution in [3.63, 3.8) is 0 Å². The van der Waals surface area contributed by atoms with E-state index < -0.39 is 0 Å². The van der Waals surface area contributed by atoms with E-state index >= 15 is 0 Å². The number of nitrogens with zero attached hydrogens (tertiary/aromatic N) is 1. The molecule has 0 spiro atoms. The van der Waals surface area contributed by atoms with Crippen LogP contribution in [0.25, 0.3) is 6.08 Å². The van der Waals surface area contributed by atoms with Crippen LogP contribution in [0, 0.1) is 0 Å². The fourth-order valence-corrected chi connectivity index (χ4v) is 1.86. The Kier molecular flexibility index (Phi) is 4.71. The Morgan fingerprint density at radius 1 is 1.47 bits per heavy atom. The fraction of sp³-hybridized carbons (Fsp3) is 0.500. The molecule has 0 radical (unpaired) electrons. The zero-order valence-electron chi connectivity index (χ0n) is 10.1. The highest BCUT2D eigenvalue weighted by Gasteiger charge is 2.13. The molecule has 1 saturated heterocycles. The molecule has 1 atom stereocenters. The van der Waals surface area contributed by atoms with Gasteiger partial charge in [-0.25, -0.2) is 0 Å². The Bertz CT molecular complexity index is 342. The molecule has 1 unspecified atom stereocenters. The normalized spacial score (nSPS) is 20.1. The van der Waals surface area contributed by atoms with E-state index in [1.54, 1.807) is 6.08 Å². The Hall–Kier alpha value is -1.19. The first-order valence-corrected chi connectivity index (χ1v) is 6.19. The largest absolute Gasteiger partial charge is 0.353 e. The number of pyridine rings is 1. The second kappa shape index (κ2) is 6.52. The molecular formula is C14H19NO2. The summed E-state index contributed by atoms with van der Waals surface area (Å²) in [4.78, 5) is 4.26. The summed E-state index contributed by atoms with van der Waals surface area (Å²) in [6, 6.07) is 4.04. The molecule has 2 rings (SSSR count). The van der Waals surface area contributed by atoms with Crippen LogP contribution in [0.3, 0.4) is 0 Å². The van der Waals surface area contributed by atoms with Gasteiger partial charge in [0.15, 0.2) is 6.29 Å². The van der Waals surface area contributed by atoms with Gasteiger partial charge in [-0.05, 0) is 43.4 Å². The number of hydrogen-bond donors (Lipinski definition) is 0. The maximum Gasteiger partial charge on any atom is 0.157 e. The SMILES string of the molecule is C=Cc1ccc(CCOC2CCCCO2)cn1. The zero-order chi connectivity index (χ0) is 11.9. The van der Waals surface area contributed by atoms with E-state index in [4.69, 9.17) is 9.47 Å². The van der Waals surface area contributed by atoms with Crippen LogP contribution in [0.5, 0.6) is 0 Å². The van der Waals surface area contributed by atoms with Crippen molar-refractivity contribution in [2.45, 2.75) is 32.0 Å². The molecule has 2 heterocycles. The number of hydrogen-bond acceptors (Lipinski definition) is 3. The minimum absolute atomic E-state index is 0.00385. The van der Waals surface area contributed by atoms with Gasteiger partial charge in [-0.2, -0.15) is 0 Å². The fourth-order valence-electron chi connectivity index (χ4n) is 1.86. The van der Waals surface area contributed by atoms with Crippen molar-refractivity contribution in [1.82, 2.24) is 4.98 Å². The summed E-state index contributed by atoms with van der Waals surface area (Å²) in [7, 11) is 0. The van der Waals surface area contributed by atoms with Gasteiger partial charge in [0, 0.05) is 12.8 Å². The summed E-state index contributed by atoms with van der Waals surface area (Å²) in [6.45, 7) is 5.21. The molecule has 3 heteroatoms. The van der Waals surface area contributed by atoms with Crippen LogP contribution in [0.4, 0.5) is 0 Å². The monoisotopic (exact) mass is 233 g/mol. The third-order valence-corrected chi connectivity index (χ3v) is 2.89. The van der Waals surface area contributed by atoms with Gasteiger partial charge in [-0.15, -0.1) is 0 Å². The minimum atomic E-state index is 0.00385. The van der Waals surface area contributed by atoms with Crippen molar-refractivity contribution in [2.75, 3.05) is 13.2 Å². The van der Waals surface area contributed by atoms with Crippen LogP contribution in [-0.2, 0) is 15.9 Å². The topological polar surface area (TPSA) is 31.4 Å². The first-order chi connectivity index (χ1) is 8.38. The van der Waals surface area contributed by atoms with Gasteiger partial charge < -0.3 is 9.47 Å². The summed E-state index contributed by atoms with van der Waals surface area (Å²) in [5, 5.41) is 0. The van der Waals surface area contributed by atoms with Crippen molar-refractivity contribution in [3.05, 3.63) is 36.2 Å². The van der Waals surface area contributed by atoms with Crippen LogP contribution in [0.2, 0.25) is 0 Å². The van der Waals surface area contributed by atoms with E-state index in [2.05, 4.69) is 17.6 Å². The average molecular weight is 233 g/mol. The molecule has 1 aliphatic heterocycles. The summed E-state index contributed by atoms with van der Waals surface area (Å²) in [5.41, 5.74) is 2.09. The summed E-state index contributed by atoms with van der Waals surface area (Å²) >= 11 is 0. The number of rotatable bonds is 5.